The second-order valence-electron chi connectivity index (χ2n) is 4.48. The summed E-state index contributed by atoms with van der Waals surface area (Å²) < 4.78 is 5.44. The predicted molar refractivity (Wildman–Crippen MR) is 75.7 cm³/mol. The minimum Gasteiger partial charge on any atom is -0.482 e. The Morgan fingerprint density at radius 2 is 2.26 bits per heavy atom. The van der Waals surface area contributed by atoms with Gasteiger partial charge in [0.05, 0.1) is 5.02 Å². The first kappa shape index (κ1) is 14.4. The molecule has 1 fully saturated rings. The number of amides is 1. The van der Waals surface area contributed by atoms with E-state index in [-0.39, 0.29) is 18.6 Å². The Balaban J connectivity index is 1.95. The Morgan fingerprint density at radius 1 is 1.47 bits per heavy atom. The third kappa shape index (κ3) is 3.53. The Morgan fingerprint density at radius 3 is 3.00 bits per heavy atom. The van der Waals surface area contributed by atoms with Crippen molar-refractivity contribution in [2.24, 2.45) is 5.73 Å². The molecular formula is C13H16Cl2N2O2. The van der Waals surface area contributed by atoms with E-state index in [1.54, 1.807) is 23.1 Å². The minimum absolute atomic E-state index is 0.0451. The molecule has 0 aromatic heterocycles. The molecule has 0 radical (unpaired) electrons. The second kappa shape index (κ2) is 6.46. The van der Waals surface area contributed by atoms with Gasteiger partial charge in [-0.1, -0.05) is 23.2 Å². The van der Waals surface area contributed by atoms with E-state index in [2.05, 4.69) is 0 Å². The average Bonchev–Trinajstić information content (AvgIpc) is 2.88. The normalized spacial score (nSPS) is 18.7. The van der Waals surface area contributed by atoms with Crippen LogP contribution in [-0.2, 0) is 4.79 Å². The SMILES string of the molecule is NC[C@H]1CCCN1C(=O)COc1cc(Cl)ccc1Cl. The van der Waals surface area contributed by atoms with Gasteiger partial charge in [-0.2, -0.15) is 0 Å². The maximum atomic E-state index is 12.1. The molecule has 0 bridgehead atoms. The molecule has 1 aromatic carbocycles. The summed E-state index contributed by atoms with van der Waals surface area (Å²) >= 11 is 11.8. The summed E-state index contributed by atoms with van der Waals surface area (Å²) in [7, 11) is 0. The number of ether oxygens (including phenoxy) is 1. The van der Waals surface area contributed by atoms with E-state index < -0.39 is 0 Å². The van der Waals surface area contributed by atoms with Crippen LogP contribution >= 0.6 is 23.2 Å². The fourth-order valence-electron chi connectivity index (χ4n) is 2.22. The van der Waals surface area contributed by atoms with Crippen molar-refractivity contribution >= 4 is 29.1 Å². The number of carbonyl (C=O) groups excluding carboxylic acids is 1. The highest BCUT2D eigenvalue weighted by atomic mass is 35.5. The standard InChI is InChI=1S/C13H16Cl2N2O2/c14-9-3-4-11(15)12(6-9)19-8-13(18)17-5-1-2-10(17)7-16/h3-4,6,10H,1-2,5,7-8,16H2/t10-/m1/s1. The van der Waals surface area contributed by atoms with Crippen molar-refractivity contribution in [3.05, 3.63) is 28.2 Å². The van der Waals surface area contributed by atoms with Crippen molar-refractivity contribution in [3.8, 4) is 5.75 Å². The lowest BCUT2D eigenvalue weighted by molar-refractivity contribution is -0.134. The average molecular weight is 303 g/mol. The van der Waals surface area contributed by atoms with E-state index in [0.717, 1.165) is 19.4 Å². The molecule has 1 heterocycles. The number of rotatable bonds is 4. The Kier molecular flexibility index (Phi) is 4.91. The van der Waals surface area contributed by atoms with Crippen molar-refractivity contribution in [3.63, 3.8) is 0 Å². The van der Waals surface area contributed by atoms with Crippen LogP contribution in [0.1, 0.15) is 12.8 Å². The highest BCUT2D eigenvalue weighted by molar-refractivity contribution is 6.34. The molecule has 19 heavy (non-hydrogen) atoms. The summed E-state index contributed by atoms with van der Waals surface area (Å²) in [5.41, 5.74) is 5.64. The van der Waals surface area contributed by atoms with Crippen LogP contribution in [0.2, 0.25) is 10.0 Å². The molecule has 104 valence electrons. The highest BCUT2D eigenvalue weighted by Gasteiger charge is 2.27. The first-order chi connectivity index (χ1) is 9.11. The molecule has 1 amide bonds. The second-order valence-corrected chi connectivity index (χ2v) is 5.33. The highest BCUT2D eigenvalue weighted by Crippen LogP contribution is 2.27. The summed E-state index contributed by atoms with van der Waals surface area (Å²) in [4.78, 5) is 13.8. The maximum absolute atomic E-state index is 12.1. The van der Waals surface area contributed by atoms with Crippen molar-refractivity contribution in [1.29, 1.82) is 0 Å². The smallest absolute Gasteiger partial charge is 0.260 e. The van der Waals surface area contributed by atoms with Gasteiger partial charge in [0, 0.05) is 30.2 Å². The summed E-state index contributed by atoms with van der Waals surface area (Å²) in [6.45, 7) is 1.19. The van der Waals surface area contributed by atoms with Gasteiger partial charge in [-0.3, -0.25) is 4.79 Å². The van der Waals surface area contributed by atoms with Crippen molar-refractivity contribution in [2.45, 2.75) is 18.9 Å². The molecule has 0 saturated carbocycles. The fourth-order valence-corrected chi connectivity index (χ4v) is 2.55. The molecule has 6 heteroatoms. The van der Waals surface area contributed by atoms with Gasteiger partial charge in [0.25, 0.3) is 5.91 Å². The number of likely N-dealkylation sites (tertiary alicyclic amines) is 1. The van der Waals surface area contributed by atoms with Crippen LogP contribution < -0.4 is 10.5 Å². The fraction of sp³-hybridized carbons (Fsp3) is 0.462. The number of carbonyl (C=O) groups is 1. The van der Waals surface area contributed by atoms with Gasteiger partial charge in [0.1, 0.15) is 5.75 Å². The summed E-state index contributed by atoms with van der Waals surface area (Å²) in [6.07, 6.45) is 1.95. The predicted octanol–water partition coefficient (Wildman–Crippen LogP) is 2.32. The van der Waals surface area contributed by atoms with Crippen LogP contribution in [0, 0.1) is 0 Å². The van der Waals surface area contributed by atoms with Crippen LogP contribution in [0.25, 0.3) is 0 Å². The van der Waals surface area contributed by atoms with Crippen LogP contribution in [0.3, 0.4) is 0 Å². The lowest BCUT2D eigenvalue weighted by atomic mass is 10.2. The van der Waals surface area contributed by atoms with Crippen molar-refractivity contribution in [1.82, 2.24) is 4.90 Å². The first-order valence-corrected chi connectivity index (χ1v) is 6.95. The van der Waals surface area contributed by atoms with Crippen molar-refractivity contribution in [2.75, 3.05) is 19.7 Å². The van der Waals surface area contributed by atoms with Crippen LogP contribution in [-0.4, -0.2) is 36.5 Å². The number of halogens is 2. The van der Waals surface area contributed by atoms with Gasteiger partial charge in [-0.15, -0.1) is 0 Å². The largest absolute Gasteiger partial charge is 0.482 e. The molecule has 2 N–H and O–H groups in total. The molecule has 1 saturated heterocycles. The van der Waals surface area contributed by atoms with E-state index in [1.807, 2.05) is 0 Å². The topological polar surface area (TPSA) is 55.6 Å². The van der Waals surface area contributed by atoms with Crippen molar-refractivity contribution < 1.29 is 9.53 Å². The van der Waals surface area contributed by atoms with E-state index in [1.165, 1.54) is 0 Å². The number of hydrogen-bond donors (Lipinski definition) is 1. The summed E-state index contributed by atoms with van der Waals surface area (Å²) in [6, 6.07) is 5.04. The minimum atomic E-state index is -0.0657. The van der Waals surface area contributed by atoms with Crippen LogP contribution in [0.5, 0.6) is 5.75 Å². The van der Waals surface area contributed by atoms with E-state index in [9.17, 15) is 4.79 Å². The van der Waals surface area contributed by atoms with Crippen LogP contribution in [0.4, 0.5) is 0 Å². The zero-order chi connectivity index (χ0) is 13.8. The van der Waals surface area contributed by atoms with Gasteiger partial charge >= 0.3 is 0 Å². The number of benzene rings is 1. The first-order valence-electron chi connectivity index (χ1n) is 6.19. The number of nitrogens with two attached hydrogens (primary N) is 1. The molecule has 1 aliphatic rings. The van der Waals surface area contributed by atoms with Gasteiger partial charge in [-0.05, 0) is 25.0 Å². The molecule has 1 aliphatic heterocycles. The summed E-state index contributed by atoms with van der Waals surface area (Å²) in [5.74, 6) is 0.356. The molecule has 0 spiro atoms. The van der Waals surface area contributed by atoms with Gasteiger partial charge in [0.2, 0.25) is 0 Å². The number of hydrogen-bond acceptors (Lipinski definition) is 3. The van der Waals surface area contributed by atoms with E-state index in [0.29, 0.717) is 22.3 Å². The molecule has 4 nitrogen and oxygen atoms in total. The number of nitrogens with zero attached hydrogens (tertiary/aromatic N) is 1. The molecule has 1 aromatic rings. The van der Waals surface area contributed by atoms with E-state index in [4.69, 9.17) is 33.7 Å². The zero-order valence-electron chi connectivity index (χ0n) is 10.4. The molecule has 0 unspecified atom stereocenters. The zero-order valence-corrected chi connectivity index (χ0v) is 12.0. The molecule has 2 rings (SSSR count). The van der Waals surface area contributed by atoms with Crippen LogP contribution in [0.15, 0.2) is 18.2 Å². The maximum Gasteiger partial charge on any atom is 0.260 e. The molecule has 0 aliphatic carbocycles. The van der Waals surface area contributed by atoms with Gasteiger partial charge in [-0.25, -0.2) is 0 Å². The Bertz CT molecular complexity index is 468. The lowest BCUT2D eigenvalue weighted by Crippen LogP contribution is -2.42. The molecular weight excluding hydrogens is 287 g/mol. The lowest BCUT2D eigenvalue weighted by Gasteiger charge is -2.23. The van der Waals surface area contributed by atoms with Gasteiger partial charge < -0.3 is 15.4 Å². The third-order valence-electron chi connectivity index (χ3n) is 3.21. The third-order valence-corrected chi connectivity index (χ3v) is 3.76. The van der Waals surface area contributed by atoms with Gasteiger partial charge in [0.15, 0.2) is 6.61 Å². The Hall–Kier alpha value is -0.970. The molecule has 1 atom stereocenters. The quantitative estimate of drug-likeness (QED) is 0.928. The summed E-state index contributed by atoms with van der Waals surface area (Å²) in [5, 5.41) is 0.960. The Labute approximate surface area is 122 Å². The van der Waals surface area contributed by atoms with E-state index >= 15 is 0 Å². The monoisotopic (exact) mass is 302 g/mol.